The normalized spacial score (nSPS) is 10.6. The number of esters is 1. The van der Waals surface area contributed by atoms with Crippen LogP contribution in [-0.4, -0.2) is 24.0 Å². The summed E-state index contributed by atoms with van der Waals surface area (Å²) in [6.07, 6.45) is 1.26. The van der Waals surface area contributed by atoms with Gasteiger partial charge >= 0.3 is 17.8 Å². The molecule has 32 heavy (non-hydrogen) atoms. The van der Waals surface area contributed by atoms with Crippen LogP contribution in [0.5, 0.6) is 5.75 Å². The number of ether oxygens (including phenoxy) is 1. The highest BCUT2D eigenvalue weighted by Crippen LogP contribution is 2.24. The monoisotopic (exact) mass is 513 g/mol. The van der Waals surface area contributed by atoms with E-state index in [2.05, 4.69) is 31.8 Å². The maximum Gasteiger partial charge on any atom is 0.345 e. The number of aryl methyl sites for hydroxylation is 1. The van der Waals surface area contributed by atoms with Crippen LogP contribution in [0.3, 0.4) is 0 Å². The molecule has 7 nitrogen and oxygen atoms in total. The zero-order valence-corrected chi connectivity index (χ0v) is 19.1. The summed E-state index contributed by atoms with van der Waals surface area (Å²) in [5.41, 5.74) is 4.25. The molecule has 3 aromatic rings. The second kappa shape index (κ2) is 10.7. The minimum absolute atomic E-state index is 0.195. The van der Waals surface area contributed by atoms with Crippen LogP contribution in [0.4, 0.5) is 5.69 Å². The smallest absolute Gasteiger partial charge is 0.345 e. The maximum atomic E-state index is 12.5. The molecule has 2 amide bonds. The summed E-state index contributed by atoms with van der Waals surface area (Å²) in [6, 6.07) is 18.4. The molecule has 9 heteroatoms. The van der Waals surface area contributed by atoms with Crippen molar-refractivity contribution in [3.8, 4) is 5.75 Å². The molecular weight excluding hydrogens is 498 g/mol. The van der Waals surface area contributed by atoms with E-state index < -0.39 is 17.8 Å². The van der Waals surface area contributed by atoms with Gasteiger partial charge in [-0.1, -0.05) is 57.4 Å². The molecule has 0 radical (unpaired) electrons. The van der Waals surface area contributed by atoms with E-state index in [4.69, 9.17) is 16.3 Å². The standard InChI is InChI=1S/C23H17BrClN3O4/c1-14-6-9-17(10-7-14)27-21(29)22(30)28-26-13-15-12-16(24)8-11-20(15)32-23(31)18-4-2-3-5-19(18)25/h2-13H,1H3,(H,27,29)(H,28,30)/b26-13+. The molecule has 0 saturated heterocycles. The van der Waals surface area contributed by atoms with Crippen LogP contribution in [-0.2, 0) is 9.59 Å². The van der Waals surface area contributed by atoms with Crippen molar-refractivity contribution in [2.45, 2.75) is 6.92 Å². The average Bonchev–Trinajstić information content (AvgIpc) is 2.77. The molecule has 0 saturated carbocycles. The molecule has 0 fully saturated rings. The van der Waals surface area contributed by atoms with Gasteiger partial charge in [0.1, 0.15) is 5.75 Å². The Morgan fingerprint density at radius 1 is 1.00 bits per heavy atom. The highest BCUT2D eigenvalue weighted by Gasteiger charge is 2.15. The summed E-state index contributed by atoms with van der Waals surface area (Å²) in [5.74, 6) is -2.27. The third kappa shape index (κ3) is 6.26. The number of benzene rings is 3. The fourth-order valence-electron chi connectivity index (χ4n) is 2.53. The number of nitrogens with zero attached hydrogens (tertiary/aromatic N) is 1. The van der Waals surface area contributed by atoms with Crippen molar-refractivity contribution in [1.29, 1.82) is 0 Å². The van der Waals surface area contributed by atoms with E-state index in [1.54, 1.807) is 54.6 Å². The molecule has 0 spiro atoms. The van der Waals surface area contributed by atoms with Crippen LogP contribution in [0.25, 0.3) is 0 Å². The van der Waals surface area contributed by atoms with E-state index in [0.29, 0.717) is 15.7 Å². The van der Waals surface area contributed by atoms with Gasteiger partial charge in [-0.2, -0.15) is 5.10 Å². The number of carbonyl (C=O) groups is 3. The zero-order chi connectivity index (χ0) is 23.1. The van der Waals surface area contributed by atoms with Gasteiger partial charge in [-0.15, -0.1) is 0 Å². The lowest BCUT2D eigenvalue weighted by Gasteiger charge is -2.09. The van der Waals surface area contributed by atoms with Gasteiger partial charge in [-0.3, -0.25) is 9.59 Å². The lowest BCUT2D eigenvalue weighted by molar-refractivity contribution is -0.136. The SMILES string of the molecule is Cc1ccc(NC(=O)C(=O)N/N=C/c2cc(Br)ccc2OC(=O)c2ccccc2Cl)cc1. The number of hydrazone groups is 1. The van der Waals surface area contributed by atoms with Gasteiger partial charge in [0.05, 0.1) is 16.8 Å². The molecule has 0 aliphatic heterocycles. The van der Waals surface area contributed by atoms with E-state index >= 15 is 0 Å². The fourth-order valence-corrected chi connectivity index (χ4v) is 3.12. The molecule has 3 rings (SSSR count). The Labute approximate surface area is 197 Å². The third-order valence-corrected chi connectivity index (χ3v) is 4.98. The van der Waals surface area contributed by atoms with Gasteiger partial charge in [-0.05, 0) is 49.4 Å². The van der Waals surface area contributed by atoms with E-state index in [1.807, 2.05) is 19.1 Å². The van der Waals surface area contributed by atoms with Crippen molar-refractivity contribution in [3.63, 3.8) is 0 Å². The van der Waals surface area contributed by atoms with Crippen LogP contribution in [0.1, 0.15) is 21.5 Å². The summed E-state index contributed by atoms with van der Waals surface area (Å²) in [5, 5.41) is 6.53. The van der Waals surface area contributed by atoms with Crippen molar-refractivity contribution >= 4 is 57.2 Å². The van der Waals surface area contributed by atoms with Gasteiger partial charge in [0.15, 0.2) is 0 Å². The number of halogens is 2. The van der Waals surface area contributed by atoms with Crippen molar-refractivity contribution in [2.24, 2.45) is 5.10 Å². The van der Waals surface area contributed by atoms with Gasteiger partial charge < -0.3 is 10.1 Å². The summed E-state index contributed by atoms with van der Waals surface area (Å²) in [6.45, 7) is 1.91. The lowest BCUT2D eigenvalue weighted by atomic mass is 10.2. The van der Waals surface area contributed by atoms with Crippen molar-refractivity contribution in [2.75, 3.05) is 5.32 Å². The first-order chi connectivity index (χ1) is 15.3. The Morgan fingerprint density at radius 3 is 2.44 bits per heavy atom. The Hall–Kier alpha value is -3.49. The zero-order valence-electron chi connectivity index (χ0n) is 16.8. The molecule has 0 aliphatic rings. The summed E-state index contributed by atoms with van der Waals surface area (Å²) in [7, 11) is 0. The Balaban J connectivity index is 1.67. The molecular formula is C23H17BrClN3O4. The summed E-state index contributed by atoms with van der Waals surface area (Å²) in [4.78, 5) is 36.5. The Morgan fingerprint density at radius 2 is 1.72 bits per heavy atom. The average molecular weight is 515 g/mol. The van der Waals surface area contributed by atoms with E-state index in [1.165, 1.54) is 6.21 Å². The largest absolute Gasteiger partial charge is 0.422 e. The molecule has 3 aromatic carbocycles. The second-order valence-electron chi connectivity index (χ2n) is 6.57. The molecule has 0 atom stereocenters. The number of rotatable bonds is 5. The highest BCUT2D eigenvalue weighted by atomic mass is 79.9. The van der Waals surface area contributed by atoms with Crippen LogP contribution in [0.2, 0.25) is 5.02 Å². The minimum atomic E-state index is -0.952. The number of amides is 2. The van der Waals surface area contributed by atoms with Crippen molar-refractivity contribution in [1.82, 2.24) is 5.43 Å². The number of carbonyl (C=O) groups excluding carboxylic acids is 3. The van der Waals surface area contributed by atoms with Crippen molar-refractivity contribution in [3.05, 3.63) is 92.9 Å². The van der Waals surface area contributed by atoms with E-state index in [-0.39, 0.29) is 16.3 Å². The fraction of sp³-hybridized carbons (Fsp3) is 0.0435. The van der Waals surface area contributed by atoms with Crippen LogP contribution < -0.4 is 15.5 Å². The third-order valence-electron chi connectivity index (χ3n) is 4.15. The Bertz CT molecular complexity index is 1200. The molecule has 0 heterocycles. The molecule has 0 aromatic heterocycles. The first-order valence-electron chi connectivity index (χ1n) is 9.31. The highest BCUT2D eigenvalue weighted by molar-refractivity contribution is 9.10. The van der Waals surface area contributed by atoms with Gasteiger partial charge in [0.25, 0.3) is 0 Å². The van der Waals surface area contributed by atoms with Gasteiger partial charge in [-0.25, -0.2) is 10.2 Å². The summed E-state index contributed by atoms with van der Waals surface area (Å²) >= 11 is 9.37. The number of hydrogen-bond acceptors (Lipinski definition) is 5. The first kappa shape index (κ1) is 23.2. The Kier molecular flexibility index (Phi) is 7.75. The minimum Gasteiger partial charge on any atom is -0.422 e. The van der Waals surface area contributed by atoms with Crippen LogP contribution in [0, 0.1) is 6.92 Å². The number of hydrogen-bond donors (Lipinski definition) is 2. The van der Waals surface area contributed by atoms with E-state index in [0.717, 1.165) is 5.56 Å². The topological polar surface area (TPSA) is 96.9 Å². The van der Waals surface area contributed by atoms with Crippen molar-refractivity contribution < 1.29 is 19.1 Å². The van der Waals surface area contributed by atoms with Gasteiger partial charge in [0.2, 0.25) is 0 Å². The lowest BCUT2D eigenvalue weighted by Crippen LogP contribution is -2.32. The molecule has 0 bridgehead atoms. The first-order valence-corrected chi connectivity index (χ1v) is 10.5. The predicted octanol–water partition coefficient (Wildman–Crippen LogP) is 4.72. The number of nitrogens with one attached hydrogen (secondary N) is 2. The molecule has 0 unspecified atom stereocenters. The molecule has 2 N–H and O–H groups in total. The van der Waals surface area contributed by atoms with Crippen LogP contribution in [0.15, 0.2) is 76.3 Å². The van der Waals surface area contributed by atoms with Crippen LogP contribution >= 0.6 is 27.5 Å². The van der Waals surface area contributed by atoms with Gasteiger partial charge in [0, 0.05) is 15.7 Å². The quantitative estimate of drug-likeness (QED) is 0.169. The molecule has 0 aliphatic carbocycles. The maximum absolute atomic E-state index is 12.5. The van der Waals surface area contributed by atoms with E-state index in [9.17, 15) is 14.4 Å². The second-order valence-corrected chi connectivity index (χ2v) is 7.89. The summed E-state index contributed by atoms with van der Waals surface area (Å²) < 4.78 is 6.13. The molecule has 162 valence electrons. The predicted molar refractivity (Wildman–Crippen MR) is 126 cm³/mol. The number of anilines is 1.